The molecule has 1 fully saturated rings. The molecule has 29 heavy (non-hydrogen) atoms. The van der Waals surface area contributed by atoms with E-state index in [4.69, 9.17) is 9.47 Å². The molecule has 2 aromatic carbocycles. The van der Waals surface area contributed by atoms with Crippen LogP contribution in [0.3, 0.4) is 0 Å². The van der Waals surface area contributed by atoms with E-state index in [0.29, 0.717) is 0 Å². The lowest BCUT2D eigenvalue weighted by atomic mass is 9.99. The normalized spacial score (nSPS) is 27.0. The van der Waals surface area contributed by atoms with Gasteiger partial charge in [-0.1, -0.05) is 0 Å². The molecule has 1 heterocycles. The van der Waals surface area contributed by atoms with Crippen molar-refractivity contribution in [2.45, 2.75) is 30.7 Å². The van der Waals surface area contributed by atoms with Crippen molar-refractivity contribution >= 4 is 16.7 Å². The standard InChI is InChI=1S/C18H18O11/c19-5-11-14(23)15(24)16(25)18(29-11)28-8-2-6-1-7(17(26)27)3-10(21)13(22)12(6)9(20)4-8/h1-4,11,14-16,18-20,23-25H,5H2,(H,21,22)(H,26,27)/t11-,14-,15+,16-,18-/m1/s1. The number of aromatic carboxylic acids is 1. The van der Waals surface area contributed by atoms with E-state index in [9.17, 15) is 45.3 Å². The molecule has 11 heteroatoms. The van der Waals surface area contributed by atoms with Crippen molar-refractivity contribution in [2.24, 2.45) is 0 Å². The van der Waals surface area contributed by atoms with Crippen LogP contribution in [-0.4, -0.2) is 79.0 Å². The van der Waals surface area contributed by atoms with Gasteiger partial charge in [-0.2, -0.15) is 0 Å². The lowest BCUT2D eigenvalue weighted by molar-refractivity contribution is -0.277. The highest BCUT2D eigenvalue weighted by atomic mass is 16.7. The zero-order valence-electron chi connectivity index (χ0n) is 14.7. The quantitative estimate of drug-likeness (QED) is 0.310. The highest BCUT2D eigenvalue weighted by molar-refractivity contribution is 5.96. The van der Waals surface area contributed by atoms with Crippen molar-refractivity contribution in [3.8, 4) is 17.2 Å². The Labute approximate surface area is 162 Å². The number of carboxylic acid groups (broad SMARTS) is 1. The highest BCUT2D eigenvalue weighted by Gasteiger charge is 2.44. The average molecular weight is 410 g/mol. The maximum absolute atomic E-state index is 12.2. The summed E-state index contributed by atoms with van der Waals surface area (Å²) in [6.45, 7) is -0.676. The van der Waals surface area contributed by atoms with Crippen molar-refractivity contribution in [3.05, 3.63) is 40.1 Å². The Bertz CT molecular complexity index is 1000. The van der Waals surface area contributed by atoms with Gasteiger partial charge in [0.2, 0.25) is 11.7 Å². The number of hydrogen-bond acceptors (Lipinski definition) is 10. The van der Waals surface area contributed by atoms with Gasteiger partial charge in [0.15, 0.2) is 5.75 Å². The fraction of sp³-hybridized carbons (Fsp3) is 0.333. The molecule has 0 amide bonds. The van der Waals surface area contributed by atoms with Gasteiger partial charge in [-0.15, -0.1) is 0 Å². The zero-order valence-corrected chi connectivity index (χ0v) is 14.7. The Morgan fingerprint density at radius 3 is 2.31 bits per heavy atom. The largest absolute Gasteiger partial charge is 0.507 e. The molecule has 7 N–H and O–H groups in total. The number of benzene rings is 1. The fourth-order valence-corrected chi connectivity index (χ4v) is 3.02. The first kappa shape index (κ1) is 20.8. The van der Waals surface area contributed by atoms with E-state index in [0.717, 1.165) is 24.3 Å². The third kappa shape index (κ3) is 3.81. The van der Waals surface area contributed by atoms with Gasteiger partial charge in [-0.05, 0) is 23.6 Å². The van der Waals surface area contributed by atoms with Crippen LogP contribution < -0.4 is 10.2 Å². The maximum Gasteiger partial charge on any atom is 0.335 e. The lowest BCUT2D eigenvalue weighted by Crippen LogP contribution is -2.60. The zero-order chi connectivity index (χ0) is 21.5. The van der Waals surface area contributed by atoms with Gasteiger partial charge in [0.25, 0.3) is 0 Å². The number of aliphatic hydroxyl groups is 4. The molecule has 3 rings (SSSR count). The summed E-state index contributed by atoms with van der Waals surface area (Å²) in [6.07, 6.45) is -7.79. The van der Waals surface area contributed by atoms with E-state index in [1.165, 1.54) is 0 Å². The van der Waals surface area contributed by atoms with E-state index in [2.05, 4.69) is 0 Å². The van der Waals surface area contributed by atoms with Crippen LogP contribution in [0.4, 0.5) is 0 Å². The highest BCUT2D eigenvalue weighted by Crippen LogP contribution is 2.32. The van der Waals surface area contributed by atoms with Gasteiger partial charge in [0, 0.05) is 6.07 Å². The number of hydrogen-bond donors (Lipinski definition) is 7. The van der Waals surface area contributed by atoms with Crippen LogP contribution in [0.15, 0.2) is 29.1 Å². The minimum atomic E-state index is -1.72. The molecule has 0 bridgehead atoms. The molecule has 2 aromatic rings. The van der Waals surface area contributed by atoms with E-state index in [1.54, 1.807) is 0 Å². The first-order valence-electron chi connectivity index (χ1n) is 8.38. The van der Waals surface area contributed by atoms with Gasteiger partial charge in [0.1, 0.15) is 35.9 Å². The Hall–Kier alpha value is -2.96. The molecule has 0 aliphatic carbocycles. The van der Waals surface area contributed by atoms with Gasteiger partial charge in [-0.3, -0.25) is 4.79 Å². The molecule has 0 unspecified atom stereocenters. The van der Waals surface area contributed by atoms with Crippen LogP contribution in [0.5, 0.6) is 17.2 Å². The molecular formula is C18H18O11. The van der Waals surface area contributed by atoms with E-state index in [1.807, 2.05) is 0 Å². The molecule has 156 valence electrons. The van der Waals surface area contributed by atoms with Gasteiger partial charge in [-0.25, -0.2) is 4.79 Å². The minimum absolute atomic E-state index is 0.0905. The van der Waals surface area contributed by atoms with Gasteiger partial charge < -0.3 is 45.2 Å². The number of aliphatic hydroxyl groups excluding tert-OH is 4. The van der Waals surface area contributed by atoms with Crippen LogP contribution in [0.1, 0.15) is 10.4 Å². The molecule has 1 saturated heterocycles. The van der Waals surface area contributed by atoms with Crippen LogP contribution >= 0.6 is 0 Å². The monoisotopic (exact) mass is 410 g/mol. The molecule has 0 aromatic heterocycles. The van der Waals surface area contributed by atoms with Crippen molar-refractivity contribution < 1.29 is 50.0 Å². The van der Waals surface area contributed by atoms with Crippen LogP contribution in [-0.2, 0) is 4.74 Å². The summed E-state index contributed by atoms with van der Waals surface area (Å²) in [4.78, 5) is 23.5. The van der Waals surface area contributed by atoms with E-state index in [-0.39, 0.29) is 16.5 Å². The van der Waals surface area contributed by atoms with Crippen molar-refractivity contribution in [3.63, 3.8) is 0 Å². The maximum atomic E-state index is 12.2. The summed E-state index contributed by atoms with van der Waals surface area (Å²) in [5.41, 5.74) is -1.44. The smallest absolute Gasteiger partial charge is 0.335 e. The second-order valence-corrected chi connectivity index (χ2v) is 6.49. The number of carboxylic acids is 1. The molecule has 1 aliphatic heterocycles. The summed E-state index contributed by atoms with van der Waals surface area (Å²) in [7, 11) is 0. The molecule has 1 aliphatic rings. The Morgan fingerprint density at radius 1 is 1.00 bits per heavy atom. The topological polar surface area (TPSA) is 194 Å². The van der Waals surface area contributed by atoms with Crippen molar-refractivity contribution in [1.82, 2.24) is 0 Å². The summed E-state index contributed by atoms with van der Waals surface area (Å²) < 4.78 is 10.6. The third-order valence-corrected chi connectivity index (χ3v) is 4.53. The fourth-order valence-electron chi connectivity index (χ4n) is 3.02. The van der Waals surface area contributed by atoms with Crippen LogP contribution in [0.2, 0.25) is 0 Å². The molecular weight excluding hydrogens is 392 g/mol. The number of ether oxygens (including phenoxy) is 2. The van der Waals surface area contributed by atoms with Gasteiger partial charge in [0.05, 0.1) is 17.6 Å². The summed E-state index contributed by atoms with van der Waals surface area (Å²) in [6, 6.07) is 3.88. The molecule has 0 spiro atoms. The number of rotatable bonds is 4. The molecule has 5 atom stereocenters. The number of phenols is 1. The minimum Gasteiger partial charge on any atom is -0.507 e. The Morgan fingerprint density at radius 2 is 1.69 bits per heavy atom. The first-order valence-corrected chi connectivity index (χ1v) is 8.38. The van der Waals surface area contributed by atoms with E-state index < -0.39 is 65.8 Å². The first-order chi connectivity index (χ1) is 13.6. The molecule has 11 nitrogen and oxygen atoms in total. The summed E-state index contributed by atoms with van der Waals surface area (Å²) in [5.74, 6) is -3.14. The summed E-state index contributed by atoms with van der Waals surface area (Å²) in [5, 5.41) is 67.6. The lowest BCUT2D eigenvalue weighted by Gasteiger charge is -2.39. The predicted octanol–water partition coefficient (Wildman–Crippen LogP) is -1.51. The number of phenolic OH excluding ortho intramolecular Hbond substituents is 1. The van der Waals surface area contributed by atoms with Crippen molar-refractivity contribution in [2.75, 3.05) is 6.61 Å². The van der Waals surface area contributed by atoms with Crippen LogP contribution in [0.25, 0.3) is 10.8 Å². The number of aromatic hydroxyl groups is 2. The number of fused-ring (bicyclic) bond motifs is 1. The second-order valence-electron chi connectivity index (χ2n) is 6.49. The average Bonchev–Trinajstić information content (AvgIpc) is 2.79. The molecule has 0 radical (unpaired) electrons. The van der Waals surface area contributed by atoms with Gasteiger partial charge >= 0.3 is 5.97 Å². The van der Waals surface area contributed by atoms with Crippen molar-refractivity contribution in [1.29, 1.82) is 0 Å². The summed E-state index contributed by atoms with van der Waals surface area (Å²) >= 11 is 0. The third-order valence-electron chi connectivity index (χ3n) is 4.53. The van der Waals surface area contributed by atoms with E-state index >= 15 is 0 Å². The molecule has 0 saturated carbocycles. The van der Waals surface area contributed by atoms with Crippen LogP contribution in [0, 0.1) is 0 Å². The SMILES string of the molecule is O=C(O)c1cc(O)c(=O)c2c(O)cc(O[C@@H]3O[C@H](CO)[C@@H](O)[C@H](O)[C@H]3O)cc2c1. The second kappa shape index (κ2) is 7.81. The number of carbonyl (C=O) groups is 1. The predicted molar refractivity (Wildman–Crippen MR) is 94.9 cm³/mol. The Kier molecular flexibility index (Phi) is 5.59. The Balaban J connectivity index is 2.06.